The minimum atomic E-state index is 0.560. The highest BCUT2D eigenvalue weighted by Gasteiger charge is 2.39. The molecule has 0 saturated heterocycles. The van der Waals surface area contributed by atoms with Gasteiger partial charge in [0, 0.05) is 0 Å². The van der Waals surface area contributed by atoms with E-state index in [0.29, 0.717) is 12.5 Å². The Kier molecular flexibility index (Phi) is 1.80. The highest BCUT2D eigenvalue weighted by atomic mass is 16.7. The molecule has 3 heteroatoms. The zero-order chi connectivity index (χ0) is 7.68. The van der Waals surface area contributed by atoms with Crippen molar-refractivity contribution in [3.8, 4) is 0 Å². The summed E-state index contributed by atoms with van der Waals surface area (Å²) in [6, 6.07) is 0. The molecule has 0 aliphatic heterocycles. The average molecular weight is 155 g/mol. The summed E-state index contributed by atoms with van der Waals surface area (Å²) in [5, 5.41) is 2.43. The fourth-order valence-corrected chi connectivity index (χ4v) is 2.71. The summed E-state index contributed by atoms with van der Waals surface area (Å²) in [5.74, 6) is 2.40. The standard InChI is InChI=1S/C8H13NO2/c10-9-11-5-8-4-6-1-2-7(8)3-6/h6-8H,1-5H2. The van der Waals surface area contributed by atoms with Crippen molar-refractivity contribution in [2.75, 3.05) is 6.61 Å². The molecule has 11 heavy (non-hydrogen) atoms. The zero-order valence-corrected chi connectivity index (χ0v) is 6.53. The lowest BCUT2D eigenvalue weighted by molar-refractivity contribution is 0.0811. The SMILES string of the molecule is O=NOCC1CC2CCC1C2. The normalized spacial score (nSPS) is 40.9. The molecule has 2 aliphatic carbocycles. The van der Waals surface area contributed by atoms with Crippen molar-refractivity contribution in [1.82, 2.24) is 0 Å². The Balaban J connectivity index is 1.83. The first-order chi connectivity index (χ1) is 5.40. The van der Waals surface area contributed by atoms with Gasteiger partial charge in [-0.15, -0.1) is 4.91 Å². The Morgan fingerprint density at radius 3 is 2.82 bits per heavy atom. The number of rotatable bonds is 3. The molecule has 2 rings (SSSR count). The molecule has 2 aliphatic rings. The van der Waals surface area contributed by atoms with E-state index < -0.39 is 0 Å². The van der Waals surface area contributed by atoms with Crippen LogP contribution in [0.5, 0.6) is 0 Å². The van der Waals surface area contributed by atoms with Crippen LogP contribution in [-0.4, -0.2) is 6.61 Å². The molecule has 3 unspecified atom stereocenters. The van der Waals surface area contributed by atoms with Gasteiger partial charge in [0.2, 0.25) is 0 Å². The maximum atomic E-state index is 9.70. The van der Waals surface area contributed by atoms with Gasteiger partial charge in [0.05, 0.1) is 0 Å². The number of hydrogen-bond acceptors (Lipinski definition) is 3. The van der Waals surface area contributed by atoms with Crippen LogP contribution in [0.15, 0.2) is 5.34 Å². The van der Waals surface area contributed by atoms with Gasteiger partial charge in [-0.3, -0.25) is 0 Å². The summed E-state index contributed by atoms with van der Waals surface area (Å²) in [5.41, 5.74) is 0. The molecule has 0 aromatic rings. The van der Waals surface area contributed by atoms with Crippen LogP contribution in [-0.2, 0) is 4.84 Å². The first-order valence-corrected chi connectivity index (χ1v) is 4.34. The lowest BCUT2D eigenvalue weighted by Gasteiger charge is -2.18. The molecule has 0 aromatic carbocycles. The fourth-order valence-electron chi connectivity index (χ4n) is 2.71. The summed E-state index contributed by atoms with van der Waals surface area (Å²) in [4.78, 5) is 14.2. The number of hydrogen-bond donors (Lipinski definition) is 0. The summed E-state index contributed by atoms with van der Waals surface area (Å²) >= 11 is 0. The lowest BCUT2D eigenvalue weighted by atomic mass is 9.90. The maximum Gasteiger partial charge on any atom is 0.155 e. The molecule has 2 fully saturated rings. The van der Waals surface area contributed by atoms with E-state index in [4.69, 9.17) is 0 Å². The molecule has 2 bridgehead atoms. The molecule has 3 atom stereocenters. The summed E-state index contributed by atoms with van der Waals surface area (Å²) in [7, 11) is 0. The fraction of sp³-hybridized carbons (Fsp3) is 1.00. The quantitative estimate of drug-likeness (QED) is 0.462. The third-order valence-corrected chi connectivity index (χ3v) is 3.23. The summed E-state index contributed by atoms with van der Waals surface area (Å²) in [6.07, 6.45) is 5.38. The number of nitrogens with zero attached hydrogens (tertiary/aromatic N) is 1. The van der Waals surface area contributed by atoms with E-state index in [9.17, 15) is 4.91 Å². The molecule has 0 N–H and O–H groups in total. The molecule has 0 spiro atoms. The molecule has 0 aromatic heterocycles. The Labute approximate surface area is 66.0 Å². The van der Waals surface area contributed by atoms with Crippen LogP contribution in [0.1, 0.15) is 25.7 Å². The van der Waals surface area contributed by atoms with Gasteiger partial charge in [-0.05, 0) is 37.0 Å². The highest BCUT2D eigenvalue weighted by molar-refractivity contribution is 4.89. The van der Waals surface area contributed by atoms with Gasteiger partial charge in [0.25, 0.3) is 0 Å². The van der Waals surface area contributed by atoms with Crippen molar-refractivity contribution in [1.29, 1.82) is 0 Å². The van der Waals surface area contributed by atoms with Gasteiger partial charge in [-0.1, -0.05) is 6.42 Å². The lowest BCUT2D eigenvalue weighted by Crippen LogP contribution is -2.15. The summed E-state index contributed by atoms with van der Waals surface area (Å²) < 4.78 is 0. The average Bonchev–Trinajstić information content (AvgIpc) is 2.60. The zero-order valence-electron chi connectivity index (χ0n) is 6.53. The van der Waals surface area contributed by atoms with E-state index in [2.05, 4.69) is 10.2 Å². The first kappa shape index (κ1) is 7.07. The van der Waals surface area contributed by atoms with Gasteiger partial charge in [-0.25, -0.2) is 0 Å². The molecular weight excluding hydrogens is 142 g/mol. The number of fused-ring (bicyclic) bond motifs is 2. The van der Waals surface area contributed by atoms with Crippen LogP contribution in [0.2, 0.25) is 0 Å². The second kappa shape index (κ2) is 2.80. The Morgan fingerprint density at radius 1 is 1.36 bits per heavy atom. The molecule has 62 valence electrons. The Morgan fingerprint density at radius 2 is 2.27 bits per heavy atom. The van der Waals surface area contributed by atoms with E-state index >= 15 is 0 Å². The minimum absolute atomic E-state index is 0.560. The van der Waals surface area contributed by atoms with E-state index in [1.165, 1.54) is 25.7 Å². The van der Waals surface area contributed by atoms with Crippen LogP contribution in [0, 0.1) is 22.7 Å². The van der Waals surface area contributed by atoms with Crippen LogP contribution in [0.3, 0.4) is 0 Å². The van der Waals surface area contributed by atoms with Crippen molar-refractivity contribution in [2.24, 2.45) is 23.1 Å². The Bertz CT molecular complexity index is 160. The Hall–Kier alpha value is -0.600. The van der Waals surface area contributed by atoms with E-state index in [1.54, 1.807) is 0 Å². The van der Waals surface area contributed by atoms with Crippen LogP contribution in [0.4, 0.5) is 0 Å². The van der Waals surface area contributed by atoms with Gasteiger partial charge in [-0.2, -0.15) is 0 Å². The van der Waals surface area contributed by atoms with Crippen molar-refractivity contribution in [3.63, 3.8) is 0 Å². The monoisotopic (exact) mass is 155 g/mol. The van der Waals surface area contributed by atoms with Gasteiger partial charge in [0.1, 0.15) is 6.61 Å². The second-order valence-electron chi connectivity index (χ2n) is 3.81. The summed E-state index contributed by atoms with van der Waals surface area (Å²) in [6.45, 7) is 0.560. The predicted molar refractivity (Wildman–Crippen MR) is 40.7 cm³/mol. The molecule has 0 radical (unpaired) electrons. The molecule has 2 saturated carbocycles. The molecular formula is C8H13NO2. The van der Waals surface area contributed by atoms with Crippen molar-refractivity contribution >= 4 is 0 Å². The second-order valence-corrected chi connectivity index (χ2v) is 3.81. The molecule has 3 nitrogen and oxygen atoms in total. The van der Waals surface area contributed by atoms with Crippen LogP contribution >= 0.6 is 0 Å². The topological polar surface area (TPSA) is 38.7 Å². The third-order valence-electron chi connectivity index (χ3n) is 3.23. The minimum Gasteiger partial charge on any atom is -0.364 e. The van der Waals surface area contributed by atoms with Gasteiger partial charge < -0.3 is 4.84 Å². The molecule has 0 amide bonds. The van der Waals surface area contributed by atoms with E-state index in [0.717, 1.165) is 11.8 Å². The maximum absolute atomic E-state index is 9.70. The van der Waals surface area contributed by atoms with E-state index in [1.807, 2.05) is 0 Å². The van der Waals surface area contributed by atoms with Gasteiger partial charge >= 0.3 is 0 Å². The first-order valence-electron chi connectivity index (χ1n) is 4.34. The largest absolute Gasteiger partial charge is 0.364 e. The molecule has 0 heterocycles. The van der Waals surface area contributed by atoms with Crippen molar-refractivity contribution < 1.29 is 4.84 Å². The van der Waals surface area contributed by atoms with Crippen LogP contribution < -0.4 is 0 Å². The van der Waals surface area contributed by atoms with Crippen molar-refractivity contribution in [3.05, 3.63) is 4.91 Å². The van der Waals surface area contributed by atoms with E-state index in [-0.39, 0.29) is 0 Å². The van der Waals surface area contributed by atoms with Crippen LogP contribution in [0.25, 0.3) is 0 Å². The highest BCUT2D eigenvalue weighted by Crippen LogP contribution is 2.48. The predicted octanol–water partition coefficient (Wildman–Crippen LogP) is 2.12. The third kappa shape index (κ3) is 1.24. The van der Waals surface area contributed by atoms with Gasteiger partial charge in [0.15, 0.2) is 5.34 Å². The van der Waals surface area contributed by atoms with Crippen molar-refractivity contribution in [2.45, 2.75) is 25.7 Å². The smallest absolute Gasteiger partial charge is 0.155 e.